The summed E-state index contributed by atoms with van der Waals surface area (Å²) in [5, 5.41) is 2.69. The molecule has 2 rings (SSSR count). The molecular weight excluding hydrogens is 256 g/mol. The van der Waals surface area contributed by atoms with Gasteiger partial charge in [-0.15, -0.1) is 0 Å². The quantitative estimate of drug-likeness (QED) is 0.797. The molecule has 2 aromatic heterocycles. The molecule has 0 aliphatic rings. The highest BCUT2D eigenvalue weighted by Gasteiger charge is 2.12. The van der Waals surface area contributed by atoms with Gasteiger partial charge < -0.3 is 15.5 Å². The normalized spacial score (nSPS) is 9.70. The fourth-order valence-corrected chi connectivity index (χ4v) is 1.56. The van der Waals surface area contributed by atoms with E-state index < -0.39 is 0 Å². The Balaban J connectivity index is 2.09. The molecule has 0 radical (unpaired) electrons. The Morgan fingerprint density at radius 3 is 3.05 bits per heavy atom. The number of aryl methyl sites for hydroxylation is 1. The van der Waals surface area contributed by atoms with Gasteiger partial charge in [0.1, 0.15) is 11.5 Å². The molecule has 2 heterocycles. The Hall–Kier alpha value is -2.65. The van der Waals surface area contributed by atoms with Gasteiger partial charge in [-0.05, 0) is 19.1 Å². The van der Waals surface area contributed by atoms with Gasteiger partial charge in [0.15, 0.2) is 0 Å². The second kappa shape index (κ2) is 6.50. The molecule has 20 heavy (non-hydrogen) atoms. The molecule has 0 fully saturated rings. The van der Waals surface area contributed by atoms with Crippen LogP contribution in [0.1, 0.15) is 27.7 Å². The van der Waals surface area contributed by atoms with Crippen LogP contribution >= 0.6 is 0 Å². The predicted molar refractivity (Wildman–Crippen MR) is 72.6 cm³/mol. The minimum atomic E-state index is -0.331. The first-order chi connectivity index (χ1) is 9.70. The highest BCUT2D eigenvalue weighted by Crippen LogP contribution is 2.05. The van der Waals surface area contributed by atoms with E-state index in [1.165, 1.54) is 6.20 Å². The smallest absolute Gasteiger partial charge is 0.271 e. The number of hydrogen-bond acceptors (Lipinski definition) is 5. The largest absolute Gasteiger partial charge is 0.444 e. The third-order valence-corrected chi connectivity index (χ3v) is 2.42. The van der Waals surface area contributed by atoms with Gasteiger partial charge in [-0.3, -0.25) is 4.79 Å². The van der Waals surface area contributed by atoms with Gasteiger partial charge in [0, 0.05) is 6.20 Å². The highest BCUT2D eigenvalue weighted by molar-refractivity contribution is 5.94. The van der Waals surface area contributed by atoms with Gasteiger partial charge in [-0.1, -0.05) is 11.8 Å². The van der Waals surface area contributed by atoms with Crippen LogP contribution in [0, 0.1) is 18.8 Å². The van der Waals surface area contributed by atoms with Gasteiger partial charge in [0.2, 0.25) is 5.89 Å². The number of amides is 1. The summed E-state index contributed by atoms with van der Waals surface area (Å²) in [5.41, 5.74) is 6.13. The number of hydrogen-bond donors (Lipinski definition) is 2. The summed E-state index contributed by atoms with van der Waals surface area (Å²) in [6.07, 6.45) is 3.14. The summed E-state index contributed by atoms with van der Waals surface area (Å²) in [6.45, 7) is 2.22. The lowest BCUT2D eigenvalue weighted by Gasteiger charge is -2.04. The summed E-state index contributed by atoms with van der Waals surface area (Å²) in [7, 11) is 0. The topological polar surface area (TPSA) is 94.0 Å². The fourth-order valence-electron chi connectivity index (χ4n) is 1.56. The van der Waals surface area contributed by atoms with Gasteiger partial charge >= 0.3 is 0 Å². The molecule has 0 unspecified atom stereocenters. The maximum atomic E-state index is 12.1. The molecule has 6 nitrogen and oxygen atoms in total. The van der Waals surface area contributed by atoms with Crippen LogP contribution in [0.15, 0.2) is 28.9 Å². The number of nitrogens with two attached hydrogens (primary N) is 1. The van der Waals surface area contributed by atoms with Crippen LogP contribution in [0.5, 0.6) is 0 Å². The molecule has 3 N–H and O–H groups in total. The molecule has 0 atom stereocenters. The molecular formula is C14H14N4O2. The van der Waals surface area contributed by atoms with Crippen LogP contribution in [-0.4, -0.2) is 22.4 Å². The van der Waals surface area contributed by atoms with Crippen molar-refractivity contribution in [2.75, 3.05) is 6.54 Å². The number of carbonyl (C=O) groups excluding carboxylic acids is 1. The minimum Gasteiger partial charge on any atom is -0.444 e. The summed E-state index contributed by atoms with van der Waals surface area (Å²) in [4.78, 5) is 20.1. The van der Waals surface area contributed by atoms with E-state index in [2.05, 4.69) is 27.1 Å². The molecule has 0 aliphatic carbocycles. The molecule has 0 spiro atoms. The minimum absolute atomic E-state index is 0.201. The SMILES string of the molecule is Cc1cnc(CNC(=O)c2ncccc2C#CCN)o1. The second-order valence-electron chi connectivity index (χ2n) is 3.95. The van der Waals surface area contributed by atoms with Gasteiger partial charge in [-0.25, -0.2) is 9.97 Å². The van der Waals surface area contributed by atoms with E-state index in [1.807, 2.05) is 0 Å². The Labute approximate surface area is 116 Å². The van der Waals surface area contributed by atoms with E-state index in [0.717, 1.165) is 0 Å². The maximum absolute atomic E-state index is 12.1. The van der Waals surface area contributed by atoms with Crippen molar-refractivity contribution in [1.82, 2.24) is 15.3 Å². The first-order valence-electron chi connectivity index (χ1n) is 6.04. The number of aromatic nitrogens is 2. The zero-order chi connectivity index (χ0) is 14.4. The maximum Gasteiger partial charge on any atom is 0.271 e. The molecule has 102 valence electrons. The van der Waals surface area contributed by atoms with E-state index in [0.29, 0.717) is 17.2 Å². The average molecular weight is 270 g/mol. The lowest BCUT2D eigenvalue weighted by atomic mass is 10.2. The molecule has 6 heteroatoms. The second-order valence-corrected chi connectivity index (χ2v) is 3.95. The molecule has 0 aliphatic heterocycles. The van der Waals surface area contributed by atoms with Crippen LogP contribution in [0.3, 0.4) is 0 Å². The summed E-state index contributed by atoms with van der Waals surface area (Å²) in [5.74, 6) is 6.33. The summed E-state index contributed by atoms with van der Waals surface area (Å²) >= 11 is 0. The van der Waals surface area contributed by atoms with Gasteiger partial charge in [-0.2, -0.15) is 0 Å². The van der Waals surface area contributed by atoms with Crippen LogP contribution in [0.25, 0.3) is 0 Å². The van der Waals surface area contributed by atoms with Crippen molar-refractivity contribution in [3.8, 4) is 11.8 Å². The van der Waals surface area contributed by atoms with E-state index in [9.17, 15) is 4.79 Å². The van der Waals surface area contributed by atoms with Crippen molar-refractivity contribution in [2.45, 2.75) is 13.5 Å². The standard InChI is InChI=1S/C14H14N4O2/c1-10-8-17-12(20-10)9-18-14(19)13-11(4-2-6-15)5-3-7-16-13/h3,5,7-8H,6,9,15H2,1H3,(H,18,19). The van der Waals surface area contributed by atoms with E-state index >= 15 is 0 Å². The predicted octanol–water partition coefficient (Wildman–Crippen LogP) is 0.618. The number of rotatable bonds is 3. The first-order valence-corrected chi connectivity index (χ1v) is 6.04. The molecule has 1 amide bonds. The van der Waals surface area contributed by atoms with Crippen molar-refractivity contribution in [3.63, 3.8) is 0 Å². The number of nitrogens with one attached hydrogen (secondary N) is 1. The number of carbonyl (C=O) groups is 1. The molecule has 0 saturated heterocycles. The van der Waals surface area contributed by atoms with Crippen molar-refractivity contribution >= 4 is 5.91 Å². The van der Waals surface area contributed by atoms with Crippen molar-refractivity contribution in [1.29, 1.82) is 0 Å². The van der Waals surface area contributed by atoms with Crippen molar-refractivity contribution in [3.05, 3.63) is 47.4 Å². The first kappa shape index (κ1) is 13.8. The van der Waals surface area contributed by atoms with E-state index in [-0.39, 0.29) is 24.7 Å². The average Bonchev–Trinajstić information content (AvgIpc) is 2.88. The van der Waals surface area contributed by atoms with Crippen LogP contribution < -0.4 is 11.1 Å². The van der Waals surface area contributed by atoms with Crippen molar-refractivity contribution < 1.29 is 9.21 Å². The number of oxazole rings is 1. The fraction of sp³-hybridized carbons (Fsp3) is 0.214. The summed E-state index contributed by atoms with van der Waals surface area (Å²) in [6, 6.07) is 3.44. The van der Waals surface area contributed by atoms with Gasteiger partial charge in [0.25, 0.3) is 5.91 Å². The number of nitrogens with zero attached hydrogens (tertiary/aromatic N) is 2. The van der Waals surface area contributed by atoms with E-state index in [1.54, 1.807) is 25.3 Å². The molecule has 0 saturated carbocycles. The molecule has 2 aromatic rings. The van der Waals surface area contributed by atoms with E-state index in [4.69, 9.17) is 10.2 Å². The van der Waals surface area contributed by atoms with Crippen LogP contribution in [-0.2, 0) is 6.54 Å². The third-order valence-electron chi connectivity index (χ3n) is 2.42. The zero-order valence-corrected chi connectivity index (χ0v) is 11.0. The van der Waals surface area contributed by atoms with Gasteiger partial charge in [0.05, 0.1) is 24.8 Å². The zero-order valence-electron chi connectivity index (χ0n) is 11.0. The molecule has 0 aromatic carbocycles. The Morgan fingerprint density at radius 2 is 2.35 bits per heavy atom. The third kappa shape index (κ3) is 3.43. The Bertz CT molecular complexity index is 667. The van der Waals surface area contributed by atoms with Crippen molar-refractivity contribution in [2.24, 2.45) is 5.73 Å². The highest BCUT2D eigenvalue weighted by atomic mass is 16.4. The monoisotopic (exact) mass is 270 g/mol. The molecule has 0 bridgehead atoms. The Morgan fingerprint density at radius 1 is 1.50 bits per heavy atom. The number of pyridine rings is 1. The van der Waals surface area contributed by atoms with Crippen LogP contribution in [0.4, 0.5) is 0 Å². The van der Waals surface area contributed by atoms with Crippen LogP contribution in [0.2, 0.25) is 0 Å². The Kier molecular flexibility index (Phi) is 4.47. The lowest BCUT2D eigenvalue weighted by Crippen LogP contribution is -2.24. The lowest BCUT2D eigenvalue weighted by molar-refractivity contribution is 0.0942. The summed E-state index contributed by atoms with van der Waals surface area (Å²) < 4.78 is 5.27.